The van der Waals surface area contributed by atoms with Crippen molar-refractivity contribution >= 4 is 43.5 Å². The highest BCUT2D eigenvalue weighted by Crippen LogP contribution is 2.24. The van der Waals surface area contributed by atoms with Gasteiger partial charge in [-0.3, -0.25) is 0 Å². The van der Waals surface area contributed by atoms with E-state index in [9.17, 15) is 18.0 Å². The zero-order valence-corrected chi connectivity index (χ0v) is 13.9. The normalized spacial score (nSPS) is 11.0. The Kier molecular flexibility index (Phi) is 5.73. The monoisotopic (exact) mass is 378 g/mol. The quantitative estimate of drug-likeness (QED) is 0.810. The van der Waals surface area contributed by atoms with Gasteiger partial charge in [0.25, 0.3) is 0 Å². The van der Waals surface area contributed by atoms with Gasteiger partial charge < -0.3 is 15.3 Å². The second-order valence-electron chi connectivity index (χ2n) is 4.48. The van der Waals surface area contributed by atoms with Gasteiger partial charge in [0.2, 0.25) is 0 Å². The summed E-state index contributed by atoms with van der Waals surface area (Å²) in [5.41, 5.74) is 0.488. The summed E-state index contributed by atoms with van der Waals surface area (Å²) in [5, 5.41) is 11.4. The first-order valence-electron chi connectivity index (χ1n) is 5.83. The van der Waals surface area contributed by atoms with Gasteiger partial charge in [0.05, 0.1) is 17.0 Å². The van der Waals surface area contributed by atoms with Gasteiger partial charge in [0.1, 0.15) is 9.84 Å². The Bertz CT molecular complexity index is 660. The van der Waals surface area contributed by atoms with Crippen molar-refractivity contribution in [3.8, 4) is 0 Å². The maximum atomic E-state index is 11.9. The number of nitrogens with zero attached hydrogens (tertiary/aromatic N) is 1. The van der Waals surface area contributed by atoms with E-state index < -0.39 is 21.8 Å². The lowest BCUT2D eigenvalue weighted by Gasteiger charge is -2.18. The number of urea groups is 1. The first-order valence-corrected chi connectivity index (χ1v) is 8.68. The number of aromatic carboxylic acids is 1. The summed E-state index contributed by atoms with van der Waals surface area (Å²) in [6, 6.07) is 3.70. The number of rotatable bonds is 5. The average molecular weight is 379 g/mol. The molecule has 0 saturated carbocycles. The van der Waals surface area contributed by atoms with Crippen molar-refractivity contribution in [2.75, 3.05) is 30.9 Å². The summed E-state index contributed by atoms with van der Waals surface area (Å²) >= 11 is 3.17. The third-order valence-electron chi connectivity index (χ3n) is 2.60. The number of carboxylic acids is 1. The number of benzene rings is 1. The van der Waals surface area contributed by atoms with Crippen molar-refractivity contribution < 1.29 is 23.1 Å². The van der Waals surface area contributed by atoms with E-state index in [0.717, 1.165) is 6.26 Å². The first-order chi connectivity index (χ1) is 9.60. The molecule has 1 aromatic carbocycles. The summed E-state index contributed by atoms with van der Waals surface area (Å²) < 4.78 is 22.5. The van der Waals surface area contributed by atoms with Crippen molar-refractivity contribution in [2.45, 2.75) is 0 Å². The molecule has 0 atom stereocenters. The maximum Gasteiger partial charge on any atom is 0.335 e. The van der Waals surface area contributed by atoms with E-state index in [4.69, 9.17) is 5.11 Å². The van der Waals surface area contributed by atoms with Crippen LogP contribution < -0.4 is 5.32 Å². The van der Waals surface area contributed by atoms with E-state index in [1.165, 1.54) is 30.1 Å². The van der Waals surface area contributed by atoms with E-state index in [1.807, 2.05) is 0 Å². The molecular formula is C12H15BrN2O5S. The smallest absolute Gasteiger partial charge is 0.335 e. The number of hydrogen-bond donors (Lipinski definition) is 2. The fourth-order valence-electron chi connectivity index (χ4n) is 1.36. The van der Waals surface area contributed by atoms with Crippen molar-refractivity contribution in [3.63, 3.8) is 0 Å². The Balaban J connectivity index is 2.72. The van der Waals surface area contributed by atoms with Crippen LogP contribution in [0.3, 0.4) is 0 Å². The second kappa shape index (κ2) is 6.90. The third kappa shape index (κ3) is 5.72. The Hall–Kier alpha value is -1.61. The van der Waals surface area contributed by atoms with Crippen LogP contribution in [-0.4, -0.2) is 56.0 Å². The predicted molar refractivity (Wildman–Crippen MR) is 82.5 cm³/mol. The zero-order valence-electron chi connectivity index (χ0n) is 11.5. The molecule has 2 N–H and O–H groups in total. The zero-order chi connectivity index (χ0) is 16.2. The maximum absolute atomic E-state index is 11.9. The lowest BCUT2D eigenvalue weighted by Crippen LogP contribution is -2.35. The van der Waals surface area contributed by atoms with E-state index in [0.29, 0.717) is 10.2 Å². The SMILES string of the molecule is CN(CCS(C)(=O)=O)C(=O)Nc1ccc(C(=O)O)cc1Br. The molecule has 0 aromatic heterocycles. The van der Waals surface area contributed by atoms with Gasteiger partial charge in [0, 0.05) is 24.3 Å². The highest BCUT2D eigenvalue weighted by molar-refractivity contribution is 9.10. The molecule has 0 fully saturated rings. The van der Waals surface area contributed by atoms with Gasteiger partial charge in [-0.05, 0) is 34.1 Å². The summed E-state index contributed by atoms with van der Waals surface area (Å²) in [7, 11) is -1.67. The molecule has 0 radical (unpaired) electrons. The fraction of sp³-hybridized carbons (Fsp3) is 0.333. The number of amides is 2. The van der Waals surface area contributed by atoms with Crippen molar-refractivity contribution in [1.82, 2.24) is 4.90 Å². The Morgan fingerprint density at radius 3 is 2.48 bits per heavy atom. The van der Waals surface area contributed by atoms with E-state index in [1.54, 1.807) is 0 Å². The van der Waals surface area contributed by atoms with Gasteiger partial charge in [0.15, 0.2) is 0 Å². The van der Waals surface area contributed by atoms with Gasteiger partial charge >= 0.3 is 12.0 Å². The van der Waals surface area contributed by atoms with E-state index >= 15 is 0 Å². The molecule has 0 bridgehead atoms. The molecule has 0 aliphatic rings. The lowest BCUT2D eigenvalue weighted by atomic mass is 10.2. The van der Waals surface area contributed by atoms with Crippen LogP contribution in [0.5, 0.6) is 0 Å². The minimum Gasteiger partial charge on any atom is -0.478 e. The molecule has 116 valence electrons. The van der Waals surface area contributed by atoms with E-state index in [2.05, 4.69) is 21.2 Å². The van der Waals surface area contributed by atoms with Crippen LogP contribution in [0.25, 0.3) is 0 Å². The van der Waals surface area contributed by atoms with Crippen LogP contribution in [0.4, 0.5) is 10.5 Å². The van der Waals surface area contributed by atoms with Gasteiger partial charge in [-0.2, -0.15) is 0 Å². The molecular weight excluding hydrogens is 364 g/mol. The van der Waals surface area contributed by atoms with Crippen LogP contribution in [0.1, 0.15) is 10.4 Å². The number of carboxylic acid groups (broad SMARTS) is 1. The molecule has 9 heteroatoms. The highest BCUT2D eigenvalue weighted by Gasteiger charge is 2.14. The molecule has 0 saturated heterocycles. The van der Waals surface area contributed by atoms with Crippen LogP contribution in [0.15, 0.2) is 22.7 Å². The number of nitrogens with one attached hydrogen (secondary N) is 1. The first kappa shape index (κ1) is 17.4. The summed E-state index contributed by atoms with van der Waals surface area (Å²) in [5.74, 6) is -1.20. The van der Waals surface area contributed by atoms with Gasteiger partial charge in [-0.1, -0.05) is 0 Å². The number of carbonyl (C=O) groups excluding carboxylic acids is 1. The molecule has 1 rings (SSSR count). The number of carbonyl (C=O) groups is 2. The average Bonchev–Trinajstić information content (AvgIpc) is 2.37. The lowest BCUT2D eigenvalue weighted by molar-refractivity contribution is 0.0697. The molecule has 0 aliphatic carbocycles. The topological polar surface area (TPSA) is 104 Å². The van der Waals surface area contributed by atoms with Crippen molar-refractivity contribution in [1.29, 1.82) is 0 Å². The van der Waals surface area contributed by atoms with Crippen molar-refractivity contribution in [3.05, 3.63) is 28.2 Å². The third-order valence-corrected chi connectivity index (χ3v) is 4.18. The van der Waals surface area contributed by atoms with Crippen LogP contribution in [0, 0.1) is 0 Å². The predicted octanol–water partition coefficient (Wildman–Crippen LogP) is 1.66. The Labute approximate surface area is 131 Å². The molecule has 0 aliphatic heterocycles. The summed E-state index contributed by atoms with van der Waals surface area (Å²) in [6.45, 7) is 0.0650. The molecule has 0 spiro atoms. The number of halogens is 1. The standard InChI is InChI=1S/C12H15BrN2O5S/c1-15(5-6-21(2,19)20)12(18)14-10-4-3-8(11(16)17)7-9(10)13/h3-4,7H,5-6H2,1-2H3,(H,14,18)(H,16,17). The largest absolute Gasteiger partial charge is 0.478 e. The number of anilines is 1. The molecule has 0 unspecified atom stereocenters. The van der Waals surface area contributed by atoms with Crippen LogP contribution >= 0.6 is 15.9 Å². The molecule has 21 heavy (non-hydrogen) atoms. The minimum absolute atomic E-state index is 0.0650. The van der Waals surface area contributed by atoms with Crippen LogP contribution in [-0.2, 0) is 9.84 Å². The molecule has 0 heterocycles. The highest BCUT2D eigenvalue weighted by atomic mass is 79.9. The Morgan fingerprint density at radius 2 is 2.00 bits per heavy atom. The molecule has 1 aromatic rings. The second-order valence-corrected chi connectivity index (χ2v) is 7.60. The van der Waals surface area contributed by atoms with Gasteiger partial charge in [-0.25, -0.2) is 18.0 Å². The molecule has 7 nitrogen and oxygen atoms in total. The number of sulfone groups is 1. The fourth-order valence-corrected chi connectivity index (χ4v) is 2.45. The summed E-state index contributed by atoms with van der Waals surface area (Å²) in [6.07, 6.45) is 1.10. The minimum atomic E-state index is -3.15. The van der Waals surface area contributed by atoms with Crippen molar-refractivity contribution in [2.24, 2.45) is 0 Å². The number of hydrogen-bond acceptors (Lipinski definition) is 4. The molecule has 2 amide bonds. The Morgan fingerprint density at radius 1 is 1.38 bits per heavy atom. The van der Waals surface area contributed by atoms with Crippen LogP contribution in [0.2, 0.25) is 0 Å². The van der Waals surface area contributed by atoms with E-state index in [-0.39, 0.29) is 17.9 Å². The van der Waals surface area contributed by atoms with Gasteiger partial charge in [-0.15, -0.1) is 0 Å². The summed E-state index contributed by atoms with van der Waals surface area (Å²) in [4.78, 5) is 23.9.